The Morgan fingerprint density at radius 1 is 1.24 bits per heavy atom. The van der Waals surface area contributed by atoms with E-state index in [-0.39, 0.29) is 36.5 Å². The van der Waals surface area contributed by atoms with Crippen LogP contribution < -0.4 is 0 Å². The Balaban J connectivity index is 2.45. The lowest BCUT2D eigenvalue weighted by Gasteiger charge is -2.28. The van der Waals surface area contributed by atoms with E-state index < -0.39 is 32.3 Å². The van der Waals surface area contributed by atoms with Crippen molar-refractivity contribution in [1.29, 1.82) is 0 Å². The third-order valence-electron chi connectivity index (χ3n) is 4.64. The second-order valence-electron chi connectivity index (χ2n) is 6.24. The van der Waals surface area contributed by atoms with Gasteiger partial charge in [-0.15, -0.1) is 0 Å². The number of benzene rings is 1. The Morgan fingerprint density at radius 3 is 2.36 bits per heavy atom. The Bertz CT molecular complexity index is 768. The molecule has 1 fully saturated rings. The standard InChI is InChI=1S/C18H22O6S/c1-3-24-17(21)18(11-7-10-16(18)20)12-15(13(2)19)25(22,23)14-8-5-4-6-9-14/h4-6,8-9,15H,3,7,10-12H2,1-2H3. The number of ketones is 2. The van der Waals surface area contributed by atoms with E-state index in [0.717, 1.165) is 0 Å². The van der Waals surface area contributed by atoms with Crippen molar-refractivity contribution in [1.82, 2.24) is 0 Å². The fourth-order valence-corrected chi connectivity index (χ4v) is 5.08. The fraction of sp³-hybridized carbons (Fsp3) is 0.500. The lowest BCUT2D eigenvalue weighted by Crippen LogP contribution is -2.44. The van der Waals surface area contributed by atoms with E-state index in [1.807, 2.05) is 0 Å². The lowest BCUT2D eigenvalue weighted by molar-refractivity contribution is -0.159. The van der Waals surface area contributed by atoms with Crippen LogP contribution in [0.5, 0.6) is 0 Å². The van der Waals surface area contributed by atoms with E-state index in [4.69, 9.17) is 4.74 Å². The molecule has 1 saturated carbocycles. The number of hydrogen-bond donors (Lipinski definition) is 0. The third-order valence-corrected chi connectivity index (χ3v) is 6.82. The summed E-state index contributed by atoms with van der Waals surface area (Å²) in [7, 11) is -4.01. The van der Waals surface area contributed by atoms with Crippen LogP contribution in [0.2, 0.25) is 0 Å². The van der Waals surface area contributed by atoms with Gasteiger partial charge in [0.15, 0.2) is 9.84 Å². The fourth-order valence-electron chi connectivity index (χ4n) is 3.28. The Hall–Kier alpha value is -2.02. The van der Waals surface area contributed by atoms with Crippen LogP contribution in [0.3, 0.4) is 0 Å². The minimum absolute atomic E-state index is 0.000320. The molecule has 2 unspecified atom stereocenters. The number of Topliss-reactive ketones (excluding diaryl/α,β-unsaturated/α-hetero) is 2. The van der Waals surface area contributed by atoms with E-state index in [2.05, 4.69) is 0 Å². The highest BCUT2D eigenvalue weighted by Gasteiger charge is 2.53. The highest BCUT2D eigenvalue weighted by molar-refractivity contribution is 7.92. The largest absolute Gasteiger partial charge is 0.465 e. The molecular weight excluding hydrogens is 344 g/mol. The van der Waals surface area contributed by atoms with Gasteiger partial charge >= 0.3 is 5.97 Å². The van der Waals surface area contributed by atoms with Gasteiger partial charge in [0.05, 0.1) is 11.5 Å². The van der Waals surface area contributed by atoms with Gasteiger partial charge in [0.1, 0.15) is 22.2 Å². The van der Waals surface area contributed by atoms with E-state index in [9.17, 15) is 22.8 Å². The van der Waals surface area contributed by atoms with Gasteiger partial charge in [-0.3, -0.25) is 14.4 Å². The van der Waals surface area contributed by atoms with Gasteiger partial charge in [-0.05, 0) is 45.2 Å². The Kier molecular flexibility index (Phi) is 5.77. The molecule has 136 valence electrons. The summed E-state index contributed by atoms with van der Waals surface area (Å²) in [5, 5.41) is -1.46. The number of carbonyl (C=O) groups excluding carboxylic acids is 3. The molecule has 0 bridgehead atoms. The van der Waals surface area contributed by atoms with E-state index >= 15 is 0 Å². The zero-order valence-corrected chi connectivity index (χ0v) is 15.2. The summed E-state index contributed by atoms with van der Waals surface area (Å²) in [6, 6.07) is 7.60. The van der Waals surface area contributed by atoms with Crippen LogP contribution in [0.25, 0.3) is 0 Å². The molecule has 0 aliphatic heterocycles. The van der Waals surface area contributed by atoms with Crippen molar-refractivity contribution in [2.75, 3.05) is 6.61 Å². The van der Waals surface area contributed by atoms with Crippen molar-refractivity contribution >= 4 is 27.4 Å². The lowest BCUT2D eigenvalue weighted by atomic mass is 9.80. The quantitative estimate of drug-likeness (QED) is 0.542. The molecule has 0 aromatic heterocycles. The van der Waals surface area contributed by atoms with Crippen molar-refractivity contribution in [2.45, 2.75) is 49.7 Å². The van der Waals surface area contributed by atoms with Gasteiger partial charge in [0.2, 0.25) is 0 Å². The predicted molar refractivity (Wildman–Crippen MR) is 90.6 cm³/mol. The van der Waals surface area contributed by atoms with Gasteiger partial charge in [-0.2, -0.15) is 0 Å². The van der Waals surface area contributed by atoms with Gasteiger partial charge in [0, 0.05) is 6.42 Å². The van der Waals surface area contributed by atoms with Crippen molar-refractivity contribution < 1.29 is 27.5 Å². The van der Waals surface area contributed by atoms with Crippen LogP contribution in [-0.4, -0.2) is 37.8 Å². The molecule has 0 radical (unpaired) electrons. The average Bonchev–Trinajstić information content (AvgIpc) is 2.95. The van der Waals surface area contributed by atoms with E-state index in [0.29, 0.717) is 6.42 Å². The number of rotatable bonds is 7. The summed E-state index contributed by atoms with van der Waals surface area (Å²) >= 11 is 0. The summed E-state index contributed by atoms with van der Waals surface area (Å²) in [6.07, 6.45) is 0.512. The van der Waals surface area contributed by atoms with Crippen LogP contribution in [0, 0.1) is 5.41 Å². The van der Waals surface area contributed by atoms with Gasteiger partial charge in [0.25, 0.3) is 0 Å². The molecule has 2 rings (SSSR count). The zero-order valence-electron chi connectivity index (χ0n) is 14.4. The minimum atomic E-state index is -4.01. The Morgan fingerprint density at radius 2 is 1.88 bits per heavy atom. The highest BCUT2D eigenvalue weighted by Crippen LogP contribution is 2.42. The number of ether oxygens (including phenoxy) is 1. The maximum atomic E-state index is 12.9. The molecule has 2 atom stereocenters. The van der Waals surface area contributed by atoms with Crippen molar-refractivity contribution in [3.63, 3.8) is 0 Å². The molecule has 1 aliphatic carbocycles. The van der Waals surface area contributed by atoms with Gasteiger partial charge in [-0.25, -0.2) is 8.42 Å². The topological polar surface area (TPSA) is 94.6 Å². The first-order chi connectivity index (χ1) is 11.8. The van der Waals surface area contributed by atoms with Gasteiger partial charge < -0.3 is 4.74 Å². The van der Waals surface area contributed by atoms with Gasteiger partial charge in [-0.1, -0.05) is 18.2 Å². The minimum Gasteiger partial charge on any atom is -0.465 e. The molecule has 0 spiro atoms. The summed E-state index contributed by atoms with van der Waals surface area (Å²) < 4.78 is 30.8. The molecule has 1 aromatic rings. The second-order valence-corrected chi connectivity index (χ2v) is 8.37. The number of sulfone groups is 1. The van der Waals surface area contributed by atoms with Crippen LogP contribution in [0.4, 0.5) is 0 Å². The van der Waals surface area contributed by atoms with Crippen molar-refractivity contribution in [3.05, 3.63) is 30.3 Å². The summed E-state index contributed by atoms with van der Waals surface area (Å²) in [5.41, 5.74) is -1.55. The summed E-state index contributed by atoms with van der Waals surface area (Å²) in [6.45, 7) is 2.88. The van der Waals surface area contributed by atoms with E-state index in [1.54, 1.807) is 25.1 Å². The van der Waals surface area contributed by atoms with Crippen LogP contribution in [-0.2, 0) is 29.0 Å². The molecule has 7 heteroatoms. The monoisotopic (exact) mass is 366 g/mol. The van der Waals surface area contributed by atoms with Crippen molar-refractivity contribution in [2.24, 2.45) is 5.41 Å². The number of hydrogen-bond acceptors (Lipinski definition) is 6. The van der Waals surface area contributed by atoms with Crippen LogP contribution in [0.1, 0.15) is 39.5 Å². The molecule has 0 heterocycles. The van der Waals surface area contributed by atoms with Crippen LogP contribution >= 0.6 is 0 Å². The molecule has 1 aliphatic rings. The zero-order chi connectivity index (χ0) is 18.7. The highest BCUT2D eigenvalue weighted by atomic mass is 32.2. The predicted octanol–water partition coefficient (Wildman–Crippen LogP) is 2.11. The maximum absolute atomic E-state index is 12.9. The average molecular weight is 366 g/mol. The SMILES string of the molecule is CCOC(=O)C1(CC(C(C)=O)S(=O)(=O)c2ccccc2)CCCC1=O. The normalized spacial score (nSPS) is 21.8. The first kappa shape index (κ1) is 19.3. The first-order valence-corrected chi connectivity index (χ1v) is 9.80. The molecule has 6 nitrogen and oxygen atoms in total. The van der Waals surface area contributed by atoms with Crippen molar-refractivity contribution in [3.8, 4) is 0 Å². The summed E-state index contributed by atoms with van der Waals surface area (Å²) in [4.78, 5) is 37.0. The molecule has 25 heavy (non-hydrogen) atoms. The number of esters is 1. The Labute approximate surface area is 147 Å². The number of carbonyl (C=O) groups is 3. The molecular formula is C18H22O6S. The third kappa shape index (κ3) is 3.66. The smallest absolute Gasteiger partial charge is 0.319 e. The van der Waals surface area contributed by atoms with E-state index in [1.165, 1.54) is 19.1 Å². The van der Waals surface area contributed by atoms with Crippen LogP contribution in [0.15, 0.2) is 35.2 Å². The molecule has 0 N–H and O–H groups in total. The molecule has 1 aromatic carbocycles. The second kappa shape index (κ2) is 7.47. The maximum Gasteiger partial charge on any atom is 0.319 e. The first-order valence-electron chi connectivity index (χ1n) is 8.25. The molecule has 0 amide bonds. The summed E-state index contributed by atoms with van der Waals surface area (Å²) in [5.74, 6) is -1.67. The molecule has 0 saturated heterocycles.